The van der Waals surface area contributed by atoms with E-state index in [-0.39, 0.29) is 17.5 Å². The van der Waals surface area contributed by atoms with Gasteiger partial charge in [0.15, 0.2) is 17.7 Å². The average molecular weight is 361 g/mol. The Labute approximate surface area is 154 Å². The summed E-state index contributed by atoms with van der Waals surface area (Å²) in [6, 6.07) is 0. The predicted octanol–water partition coefficient (Wildman–Crippen LogP) is 2.45. The van der Waals surface area contributed by atoms with Gasteiger partial charge in [-0.05, 0) is 33.6 Å². The number of hydrogen-bond acceptors (Lipinski definition) is 6. The van der Waals surface area contributed by atoms with Crippen molar-refractivity contribution in [2.45, 2.75) is 65.3 Å². The topological polar surface area (TPSA) is 82.0 Å². The molecule has 0 aromatic rings. The molecule has 0 aromatic carbocycles. The molecule has 1 fully saturated rings. The lowest BCUT2D eigenvalue weighted by Crippen LogP contribution is -2.64. The molecule has 3 rings (SSSR count). The third-order valence-corrected chi connectivity index (χ3v) is 5.18. The fourth-order valence-corrected chi connectivity index (χ4v) is 3.46. The molecule has 6 nitrogen and oxygen atoms in total. The summed E-state index contributed by atoms with van der Waals surface area (Å²) < 4.78 is 11.3. The van der Waals surface area contributed by atoms with Crippen molar-refractivity contribution in [3.05, 3.63) is 17.4 Å². The maximum Gasteiger partial charge on any atom is 0.316 e. The van der Waals surface area contributed by atoms with Gasteiger partial charge in [-0.2, -0.15) is 0 Å². The maximum atomic E-state index is 12.7. The summed E-state index contributed by atoms with van der Waals surface area (Å²) in [6.07, 6.45) is 0.967. The lowest BCUT2D eigenvalue weighted by molar-refractivity contribution is -0.162. The predicted molar refractivity (Wildman–Crippen MR) is 97.0 cm³/mol. The molecule has 0 saturated carbocycles. The maximum absolute atomic E-state index is 12.7. The number of Topliss-reactive ketones (excluding diaryl/α,β-unsaturated/α-hetero) is 1. The summed E-state index contributed by atoms with van der Waals surface area (Å²) >= 11 is 0. The number of carbonyl (C=O) groups is 3. The van der Waals surface area contributed by atoms with E-state index in [0.717, 1.165) is 0 Å². The summed E-state index contributed by atoms with van der Waals surface area (Å²) in [4.78, 5) is 41.7. The first-order valence-electron chi connectivity index (χ1n) is 9.00. The van der Waals surface area contributed by atoms with Crippen LogP contribution in [0.2, 0.25) is 0 Å². The molecular weight excluding hydrogens is 334 g/mol. The molecule has 26 heavy (non-hydrogen) atoms. The Morgan fingerprint density at radius 1 is 1.31 bits per heavy atom. The average Bonchev–Trinajstić information content (AvgIpc) is 2.59. The van der Waals surface area contributed by atoms with E-state index in [2.05, 4.69) is 10.7 Å². The van der Waals surface area contributed by atoms with Crippen molar-refractivity contribution in [1.29, 1.82) is 0 Å². The van der Waals surface area contributed by atoms with Crippen LogP contribution < -0.4 is 0 Å². The molecule has 0 amide bonds. The minimum Gasteiger partial charge on any atom is -0.457 e. The van der Waals surface area contributed by atoms with Crippen LogP contribution in [0.15, 0.2) is 22.4 Å². The molecule has 0 radical (unpaired) electrons. The third kappa shape index (κ3) is 3.71. The van der Waals surface area contributed by atoms with E-state index >= 15 is 0 Å². The molecule has 2 bridgehead atoms. The summed E-state index contributed by atoms with van der Waals surface area (Å²) in [5.41, 5.74) is 3.38. The van der Waals surface area contributed by atoms with E-state index in [4.69, 9.17) is 9.47 Å². The monoisotopic (exact) mass is 361 g/mol. The van der Waals surface area contributed by atoms with E-state index in [0.29, 0.717) is 24.1 Å². The van der Waals surface area contributed by atoms with Crippen LogP contribution in [0.25, 0.3) is 0 Å². The van der Waals surface area contributed by atoms with Crippen molar-refractivity contribution < 1.29 is 23.9 Å². The van der Waals surface area contributed by atoms with Gasteiger partial charge in [0.05, 0.1) is 5.71 Å². The van der Waals surface area contributed by atoms with E-state index in [1.54, 1.807) is 14.0 Å². The van der Waals surface area contributed by atoms with Crippen LogP contribution in [0.4, 0.5) is 0 Å². The third-order valence-electron chi connectivity index (χ3n) is 5.18. The molecule has 5 atom stereocenters. The molecule has 3 heterocycles. The number of rotatable bonds is 1. The Morgan fingerprint density at radius 2 is 1.96 bits per heavy atom. The van der Waals surface area contributed by atoms with Gasteiger partial charge >= 0.3 is 5.97 Å². The van der Waals surface area contributed by atoms with Crippen LogP contribution in [0, 0.1) is 11.8 Å². The molecule has 1 saturated heterocycles. The molecule has 3 aliphatic heterocycles. The van der Waals surface area contributed by atoms with Crippen LogP contribution >= 0.6 is 0 Å². The first kappa shape index (κ1) is 20.3. The van der Waals surface area contributed by atoms with Crippen LogP contribution in [0.5, 0.6) is 0 Å². The van der Waals surface area contributed by atoms with Crippen molar-refractivity contribution in [3.63, 3.8) is 0 Å². The lowest BCUT2D eigenvalue weighted by atomic mass is 9.77. The van der Waals surface area contributed by atoms with Crippen LogP contribution in [0.1, 0.15) is 47.5 Å². The molecule has 0 N–H and O–H groups in total. The molecule has 0 aromatic heterocycles. The first-order chi connectivity index (χ1) is 12.1. The van der Waals surface area contributed by atoms with Gasteiger partial charge in [0.25, 0.3) is 0 Å². The smallest absolute Gasteiger partial charge is 0.316 e. The van der Waals surface area contributed by atoms with Crippen molar-refractivity contribution in [2.75, 3.05) is 7.05 Å². The van der Waals surface area contributed by atoms with Crippen molar-refractivity contribution in [2.24, 2.45) is 16.8 Å². The highest BCUT2D eigenvalue weighted by molar-refractivity contribution is 6.19. The van der Waals surface area contributed by atoms with Gasteiger partial charge in [0.1, 0.15) is 17.6 Å². The molecule has 142 valence electrons. The molecule has 0 aliphatic carbocycles. The van der Waals surface area contributed by atoms with Crippen LogP contribution in [-0.4, -0.2) is 48.1 Å². The molecule has 6 heteroatoms. The Hall–Kier alpha value is -2.04. The van der Waals surface area contributed by atoms with Gasteiger partial charge in [0.2, 0.25) is 0 Å². The summed E-state index contributed by atoms with van der Waals surface area (Å²) in [7, 11) is 1.59. The number of nitrogens with zero attached hydrogens (tertiary/aromatic N) is 1. The SMILES string of the molecule is CCC1OC(=O)C(C)C(=O)C2OC(C)(CC(C)C(=O)C=C=C1C)C2=NC. The lowest BCUT2D eigenvalue weighted by Gasteiger charge is -2.47. The Kier molecular flexibility index (Phi) is 5.99. The minimum absolute atomic E-state index is 0.0917. The minimum atomic E-state index is -0.950. The summed E-state index contributed by atoms with van der Waals surface area (Å²) in [6.45, 7) is 8.79. The number of hydrogen-bond donors (Lipinski definition) is 0. The van der Waals surface area contributed by atoms with Gasteiger partial charge in [-0.15, -0.1) is 5.73 Å². The van der Waals surface area contributed by atoms with E-state index in [1.165, 1.54) is 13.0 Å². The Balaban J connectivity index is 2.45. The van der Waals surface area contributed by atoms with E-state index in [1.807, 2.05) is 20.8 Å². The zero-order chi connectivity index (χ0) is 19.6. The Morgan fingerprint density at radius 3 is 2.54 bits per heavy atom. The van der Waals surface area contributed by atoms with Gasteiger partial charge in [-0.3, -0.25) is 19.4 Å². The molecule has 0 spiro atoms. The number of carbonyl (C=O) groups excluding carboxylic acids is 3. The van der Waals surface area contributed by atoms with Crippen molar-refractivity contribution in [3.8, 4) is 0 Å². The van der Waals surface area contributed by atoms with Gasteiger partial charge in [-0.25, -0.2) is 0 Å². The molecule has 5 unspecified atom stereocenters. The highest BCUT2D eigenvalue weighted by Gasteiger charge is 2.54. The van der Waals surface area contributed by atoms with E-state index in [9.17, 15) is 14.4 Å². The second-order valence-electron chi connectivity index (χ2n) is 7.27. The van der Waals surface area contributed by atoms with Gasteiger partial charge in [-0.1, -0.05) is 13.8 Å². The zero-order valence-corrected chi connectivity index (χ0v) is 16.3. The Bertz CT molecular complexity index is 716. The van der Waals surface area contributed by atoms with Gasteiger partial charge in [0, 0.05) is 24.6 Å². The fourth-order valence-electron chi connectivity index (χ4n) is 3.46. The van der Waals surface area contributed by atoms with Crippen LogP contribution in [-0.2, 0) is 23.9 Å². The molecule has 3 aliphatic rings. The quantitative estimate of drug-likeness (QED) is 0.407. The van der Waals surface area contributed by atoms with Crippen molar-refractivity contribution >= 4 is 23.2 Å². The number of esters is 1. The number of ether oxygens (including phenoxy) is 2. The zero-order valence-electron chi connectivity index (χ0n) is 16.3. The fraction of sp³-hybridized carbons (Fsp3) is 0.650. The molecular formula is C20H27NO5. The standard InChI is InChI=1S/C20H27NO5/c1-7-15-11(2)8-9-14(22)12(3)10-20(5)18(21-6)17(26-20)16(23)13(4)19(24)25-15/h9,12-13,15,17H,7,10H2,1-6H3. The van der Waals surface area contributed by atoms with Gasteiger partial charge < -0.3 is 9.47 Å². The largest absolute Gasteiger partial charge is 0.457 e. The normalized spacial score (nSPS) is 37.7. The van der Waals surface area contributed by atoms with Crippen LogP contribution in [0.3, 0.4) is 0 Å². The number of aliphatic imine (C=N–C) groups is 1. The summed E-state index contributed by atoms with van der Waals surface area (Å²) in [5.74, 6) is -2.32. The van der Waals surface area contributed by atoms with E-state index < -0.39 is 29.7 Å². The highest BCUT2D eigenvalue weighted by Crippen LogP contribution is 2.37. The highest BCUT2D eigenvalue weighted by atomic mass is 16.6. The second-order valence-corrected chi connectivity index (χ2v) is 7.27. The summed E-state index contributed by atoms with van der Waals surface area (Å²) in [5, 5.41) is 0. The second kappa shape index (κ2) is 7.68. The number of ketones is 2. The van der Waals surface area contributed by atoms with Crippen molar-refractivity contribution in [1.82, 2.24) is 0 Å². The first-order valence-corrected chi connectivity index (χ1v) is 9.00. The number of fused-ring (bicyclic) bond motifs is 8.